The summed E-state index contributed by atoms with van der Waals surface area (Å²) in [5.41, 5.74) is 0. The molecule has 0 aromatic carbocycles. The average Bonchev–Trinajstić information content (AvgIpc) is 3.16. The smallest absolute Gasteiger partial charge is 0.150 e. The van der Waals surface area contributed by atoms with Gasteiger partial charge in [0.1, 0.15) is 9.84 Å². The minimum Gasteiger partial charge on any atom is -0.311 e. The molecule has 0 bridgehead atoms. The van der Waals surface area contributed by atoms with Crippen LogP contribution in [-0.2, 0) is 9.84 Å². The molecule has 1 N–H and O–H groups in total. The molecule has 2 unspecified atom stereocenters. The zero-order valence-electron chi connectivity index (χ0n) is 11.1. The maximum absolute atomic E-state index is 11.4. The van der Waals surface area contributed by atoms with Crippen molar-refractivity contribution < 1.29 is 8.42 Å². The molecule has 2 atom stereocenters. The van der Waals surface area contributed by atoms with Crippen LogP contribution in [0.2, 0.25) is 0 Å². The third-order valence-corrected chi connectivity index (χ3v) is 6.74. The van der Waals surface area contributed by atoms with Crippen LogP contribution in [-0.4, -0.2) is 32.0 Å². The molecule has 2 saturated carbocycles. The molecule has 3 rings (SSSR count). The first-order valence-electron chi connectivity index (χ1n) is 7.59. The number of hydrogen-bond donors (Lipinski definition) is 1. The molecule has 0 spiro atoms. The molecule has 18 heavy (non-hydrogen) atoms. The molecule has 4 heteroatoms. The van der Waals surface area contributed by atoms with E-state index in [0.29, 0.717) is 23.6 Å². The number of hydrogen-bond acceptors (Lipinski definition) is 3. The van der Waals surface area contributed by atoms with Crippen LogP contribution in [0, 0.1) is 11.8 Å². The van der Waals surface area contributed by atoms with Crippen molar-refractivity contribution in [3.8, 4) is 0 Å². The van der Waals surface area contributed by atoms with Gasteiger partial charge in [0.15, 0.2) is 0 Å². The fourth-order valence-corrected chi connectivity index (χ4v) is 5.26. The second-order valence-corrected chi connectivity index (χ2v) is 8.86. The van der Waals surface area contributed by atoms with Crippen LogP contribution < -0.4 is 5.32 Å². The predicted molar refractivity (Wildman–Crippen MR) is 73.3 cm³/mol. The Bertz CT molecular complexity index is 375. The topological polar surface area (TPSA) is 46.2 Å². The van der Waals surface area contributed by atoms with E-state index in [0.717, 1.165) is 24.7 Å². The molecular weight excluding hydrogens is 246 g/mol. The third kappa shape index (κ3) is 3.27. The van der Waals surface area contributed by atoms with Crippen LogP contribution in [0.25, 0.3) is 0 Å². The molecule has 1 aliphatic heterocycles. The van der Waals surface area contributed by atoms with E-state index in [9.17, 15) is 8.42 Å². The van der Waals surface area contributed by atoms with Gasteiger partial charge in [0.2, 0.25) is 0 Å². The highest BCUT2D eigenvalue weighted by atomic mass is 32.2. The molecular formula is C14H25NO2S. The van der Waals surface area contributed by atoms with Gasteiger partial charge in [-0.25, -0.2) is 8.42 Å². The quantitative estimate of drug-likeness (QED) is 0.855. The number of nitrogens with one attached hydrogen (secondary N) is 1. The van der Waals surface area contributed by atoms with Gasteiger partial charge < -0.3 is 5.32 Å². The SMILES string of the molecule is O=S1(=O)CCC(NC2CCCC(C3CC3)C2)CC1. The van der Waals surface area contributed by atoms with Gasteiger partial charge in [-0.3, -0.25) is 0 Å². The maximum atomic E-state index is 11.4. The molecule has 104 valence electrons. The fraction of sp³-hybridized carbons (Fsp3) is 1.00. The lowest BCUT2D eigenvalue weighted by molar-refractivity contribution is 0.241. The standard InChI is InChI=1S/C14H25NO2S/c16-18(17)8-6-13(7-9-18)15-14-3-1-2-12(10-14)11-4-5-11/h11-15H,1-10H2. The van der Waals surface area contributed by atoms with Crippen LogP contribution in [0.1, 0.15) is 51.4 Å². The number of rotatable bonds is 3. The normalized spacial score (nSPS) is 37.6. The van der Waals surface area contributed by atoms with E-state index in [1.54, 1.807) is 0 Å². The Hall–Kier alpha value is -0.0900. The second-order valence-electron chi connectivity index (χ2n) is 6.55. The Morgan fingerprint density at radius 1 is 0.778 bits per heavy atom. The van der Waals surface area contributed by atoms with E-state index >= 15 is 0 Å². The van der Waals surface area contributed by atoms with Crippen molar-refractivity contribution in [1.82, 2.24) is 5.32 Å². The van der Waals surface area contributed by atoms with Gasteiger partial charge in [-0.1, -0.05) is 12.8 Å². The third-order valence-electron chi connectivity index (χ3n) is 5.03. The first kappa shape index (κ1) is 12.9. The summed E-state index contributed by atoms with van der Waals surface area (Å²) in [6, 6.07) is 1.12. The van der Waals surface area contributed by atoms with Gasteiger partial charge in [0.05, 0.1) is 11.5 Å². The maximum Gasteiger partial charge on any atom is 0.150 e. The molecule has 0 aromatic rings. The first-order valence-corrected chi connectivity index (χ1v) is 9.41. The lowest BCUT2D eigenvalue weighted by Gasteiger charge is -2.34. The first-order chi connectivity index (χ1) is 8.62. The lowest BCUT2D eigenvalue weighted by Crippen LogP contribution is -2.45. The summed E-state index contributed by atoms with van der Waals surface area (Å²) in [4.78, 5) is 0. The summed E-state index contributed by atoms with van der Waals surface area (Å²) in [6.45, 7) is 0. The number of sulfone groups is 1. The predicted octanol–water partition coefficient (Wildman–Crippen LogP) is 2.12. The van der Waals surface area contributed by atoms with Crippen molar-refractivity contribution in [2.45, 2.75) is 63.5 Å². The summed E-state index contributed by atoms with van der Waals surface area (Å²) >= 11 is 0. The summed E-state index contributed by atoms with van der Waals surface area (Å²) in [7, 11) is -2.71. The van der Waals surface area contributed by atoms with Gasteiger partial charge >= 0.3 is 0 Å². The van der Waals surface area contributed by atoms with Gasteiger partial charge in [-0.15, -0.1) is 0 Å². The molecule has 1 heterocycles. The molecule has 2 aliphatic carbocycles. The van der Waals surface area contributed by atoms with Crippen LogP contribution >= 0.6 is 0 Å². The summed E-state index contributed by atoms with van der Waals surface area (Å²) in [5, 5.41) is 3.74. The van der Waals surface area contributed by atoms with E-state index in [-0.39, 0.29) is 0 Å². The Morgan fingerprint density at radius 2 is 1.50 bits per heavy atom. The molecule has 0 radical (unpaired) electrons. The van der Waals surface area contributed by atoms with Gasteiger partial charge in [0.25, 0.3) is 0 Å². The van der Waals surface area contributed by atoms with E-state index in [1.807, 2.05) is 0 Å². The molecule has 0 aromatic heterocycles. The average molecular weight is 271 g/mol. The van der Waals surface area contributed by atoms with E-state index in [4.69, 9.17) is 0 Å². The van der Waals surface area contributed by atoms with Crippen molar-refractivity contribution in [3.05, 3.63) is 0 Å². The van der Waals surface area contributed by atoms with Crippen LogP contribution in [0.4, 0.5) is 0 Å². The molecule has 3 fully saturated rings. The van der Waals surface area contributed by atoms with Crippen molar-refractivity contribution >= 4 is 9.84 Å². The largest absolute Gasteiger partial charge is 0.311 e. The highest BCUT2D eigenvalue weighted by Crippen LogP contribution is 2.44. The van der Waals surface area contributed by atoms with Crippen molar-refractivity contribution in [1.29, 1.82) is 0 Å². The van der Waals surface area contributed by atoms with Crippen molar-refractivity contribution in [3.63, 3.8) is 0 Å². The second kappa shape index (κ2) is 5.12. The zero-order chi connectivity index (χ0) is 12.6. The Balaban J connectivity index is 1.47. The van der Waals surface area contributed by atoms with Gasteiger partial charge in [0, 0.05) is 12.1 Å². The van der Waals surface area contributed by atoms with Crippen LogP contribution in [0.15, 0.2) is 0 Å². The molecule has 3 nitrogen and oxygen atoms in total. The summed E-state index contributed by atoms with van der Waals surface area (Å²) < 4.78 is 22.8. The summed E-state index contributed by atoms with van der Waals surface area (Å²) in [6.07, 6.45) is 10.0. The fourth-order valence-electron chi connectivity index (χ4n) is 3.76. The van der Waals surface area contributed by atoms with E-state index in [1.165, 1.54) is 38.5 Å². The Labute approximate surface area is 111 Å². The Morgan fingerprint density at radius 3 is 2.17 bits per heavy atom. The molecule has 1 saturated heterocycles. The zero-order valence-corrected chi connectivity index (χ0v) is 11.9. The lowest BCUT2D eigenvalue weighted by atomic mass is 9.82. The van der Waals surface area contributed by atoms with Crippen molar-refractivity contribution in [2.75, 3.05) is 11.5 Å². The highest BCUT2D eigenvalue weighted by molar-refractivity contribution is 7.91. The van der Waals surface area contributed by atoms with Gasteiger partial charge in [-0.05, 0) is 50.4 Å². The van der Waals surface area contributed by atoms with Crippen LogP contribution in [0.5, 0.6) is 0 Å². The minimum absolute atomic E-state index is 0.392. The van der Waals surface area contributed by atoms with E-state index < -0.39 is 9.84 Å². The van der Waals surface area contributed by atoms with Gasteiger partial charge in [-0.2, -0.15) is 0 Å². The van der Waals surface area contributed by atoms with E-state index in [2.05, 4.69) is 5.32 Å². The highest BCUT2D eigenvalue weighted by Gasteiger charge is 2.35. The summed E-state index contributed by atoms with van der Waals surface area (Å²) in [5.74, 6) is 2.78. The Kier molecular flexibility index (Phi) is 3.68. The minimum atomic E-state index is -2.71. The monoisotopic (exact) mass is 271 g/mol. The van der Waals surface area contributed by atoms with Crippen molar-refractivity contribution in [2.24, 2.45) is 11.8 Å². The molecule has 0 amide bonds. The van der Waals surface area contributed by atoms with Crippen LogP contribution in [0.3, 0.4) is 0 Å². The molecule has 3 aliphatic rings.